The average Bonchev–Trinajstić information content (AvgIpc) is 2.58. The van der Waals surface area contributed by atoms with Crippen LogP contribution in [-0.4, -0.2) is 57.8 Å². The van der Waals surface area contributed by atoms with Crippen molar-refractivity contribution in [2.45, 2.75) is 12.8 Å². The highest BCUT2D eigenvalue weighted by atomic mass is 35.5. The van der Waals surface area contributed by atoms with Crippen LogP contribution < -0.4 is 10.1 Å². The number of rotatable bonds is 7. The lowest BCUT2D eigenvalue weighted by atomic mass is 9.96. The van der Waals surface area contributed by atoms with Crippen molar-refractivity contribution in [3.05, 3.63) is 28.8 Å². The smallest absolute Gasteiger partial charge is 0.255 e. The molecule has 1 fully saturated rings. The molecule has 1 aliphatic heterocycles. The number of ether oxygens (including phenoxy) is 2. The van der Waals surface area contributed by atoms with Crippen molar-refractivity contribution in [1.29, 1.82) is 0 Å². The molecule has 1 aromatic rings. The molecule has 0 radical (unpaired) electrons. The maximum absolute atomic E-state index is 12.3. The van der Waals surface area contributed by atoms with Gasteiger partial charge in [0.1, 0.15) is 5.75 Å². The number of hydrogen-bond acceptors (Lipinski definition) is 4. The zero-order valence-electron chi connectivity index (χ0n) is 13.8. The quantitative estimate of drug-likeness (QED) is 0.828. The molecular formula is C17H25ClN2O3. The predicted molar refractivity (Wildman–Crippen MR) is 91.4 cm³/mol. The van der Waals surface area contributed by atoms with E-state index in [1.54, 1.807) is 25.3 Å². The van der Waals surface area contributed by atoms with E-state index in [0.29, 0.717) is 28.8 Å². The van der Waals surface area contributed by atoms with Crippen LogP contribution in [0.25, 0.3) is 0 Å². The van der Waals surface area contributed by atoms with Gasteiger partial charge in [-0.15, -0.1) is 0 Å². The summed E-state index contributed by atoms with van der Waals surface area (Å²) in [7, 11) is 3.27. The molecule has 128 valence electrons. The minimum Gasteiger partial charge on any atom is -0.496 e. The number of piperidine rings is 1. The third-order valence-electron chi connectivity index (χ3n) is 4.28. The van der Waals surface area contributed by atoms with E-state index in [1.165, 1.54) is 7.11 Å². The van der Waals surface area contributed by atoms with E-state index in [9.17, 15) is 4.79 Å². The first-order chi connectivity index (χ1) is 11.1. The van der Waals surface area contributed by atoms with Crippen LogP contribution in [0.2, 0.25) is 5.02 Å². The number of carbonyl (C=O) groups excluding carboxylic acids is 1. The summed E-state index contributed by atoms with van der Waals surface area (Å²) >= 11 is 5.92. The van der Waals surface area contributed by atoms with Gasteiger partial charge in [0, 0.05) is 25.2 Å². The molecule has 0 atom stereocenters. The molecule has 5 nitrogen and oxygen atoms in total. The van der Waals surface area contributed by atoms with Gasteiger partial charge in [-0.25, -0.2) is 0 Å². The van der Waals surface area contributed by atoms with Crippen molar-refractivity contribution < 1.29 is 14.3 Å². The van der Waals surface area contributed by atoms with Crippen molar-refractivity contribution in [2.24, 2.45) is 5.92 Å². The van der Waals surface area contributed by atoms with Gasteiger partial charge in [-0.3, -0.25) is 4.79 Å². The maximum Gasteiger partial charge on any atom is 0.255 e. The van der Waals surface area contributed by atoms with Gasteiger partial charge in [-0.05, 0) is 50.0 Å². The first-order valence-electron chi connectivity index (χ1n) is 7.97. The maximum atomic E-state index is 12.3. The van der Waals surface area contributed by atoms with Gasteiger partial charge in [0.2, 0.25) is 0 Å². The monoisotopic (exact) mass is 340 g/mol. The number of likely N-dealkylation sites (tertiary alicyclic amines) is 1. The summed E-state index contributed by atoms with van der Waals surface area (Å²) in [6.45, 7) is 4.58. The Morgan fingerprint density at radius 1 is 1.35 bits per heavy atom. The SMILES string of the molecule is COCCN1CCC(CNC(=O)c2ccc(Cl)cc2OC)CC1. The number of nitrogens with one attached hydrogen (secondary N) is 1. The van der Waals surface area contributed by atoms with E-state index in [1.807, 2.05) is 0 Å². The Morgan fingerprint density at radius 2 is 2.09 bits per heavy atom. The average molecular weight is 341 g/mol. The standard InChI is InChI=1S/C17H25ClN2O3/c1-22-10-9-20-7-5-13(6-8-20)12-19-17(21)15-4-3-14(18)11-16(15)23-2/h3-4,11,13H,5-10,12H2,1-2H3,(H,19,21). The molecule has 1 heterocycles. The van der Waals surface area contributed by atoms with Crippen molar-refractivity contribution >= 4 is 17.5 Å². The van der Waals surface area contributed by atoms with Gasteiger partial charge in [-0.2, -0.15) is 0 Å². The summed E-state index contributed by atoms with van der Waals surface area (Å²) in [5.74, 6) is 0.917. The molecule has 0 aliphatic carbocycles. The fraction of sp³-hybridized carbons (Fsp3) is 0.588. The molecule has 23 heavy (non-hydrogen) atoms. The third-order valence-corrected chi connectivity index (χ3v) is 4.51. The summed E-state index contributed by atoms with van der Waals surface area (Å²) in [6.07, 6.45) is 2.20. The Hall–Kier alpha value is -1.30. The van der Waals surface area contributed by atoms with E-state index in [4.69, 9.17) is 21.1 Å². The molecule has 0 spiro atoms. The highest BCUT2D eigenvalue weighted by molar-refractivity contribution is 6.30. The van der Waals surface area contributed by atoms with Gasteiger partial charge in [0.15, 0.2) is 0 Å². The molecule has 1 aromatic carbocycles. The van der Waals surface area contributed by atoms with Gasteiger partial charge in [0.25, 0.3) is 5.91 Å². The highest BCUT2D eigenvalue weighted by Gasteiger charge is 2.20. The number of carbonyl (C=O) groups is 1. The molecule has 1 N–H and O–H groups in total. The van der Waals surface area contributed by atoms with Crippen LogP contribution in [-0.2, 0) is 4.74 Å². The van der Waals surface area contributed by atoms with Gasteiger partial charge >= 0.3 is 0 Å². The number of benzene rings is 1. The number of methoxy groups -OCH3 is 2. The number of nitrogens with zero attached hydrogens (tertiary/aromatic N) is 1. The predicted octanol–water partition coefficient (Wildman–Crippen LogP) is 2.44. The topological polar surface area (TPSA) is 50.8 Å². The largest absolute Gasteiger partial charge is 0.496 e. The van der Waals surface area contributed by atoms with Crippen LogP contribution in [0.1, 0.15) is 23.2 Å². The fourth-order valence-corrected chi connectivity index (χ4v) is 2.98. The molecule has 0 aromatic heterocycles. The zero-order valence-corrected chi connectivity index (χ0v) is 14.6. The van der Waals surface area contributed by atoms with E-state index >= 15 is 0 Å². The molecule has 1 aliphatic rings. The van der Waals surface area contributed by atoms with E-state index in [0.717, 1.165) is 39.1 Å². The lowest BCUT2D eigenvalue weighted by molar-refractivity contribution is 0.0923. The Labute approximate surface area is 142 Å². The third kappa shape index (κ3) is 5.37. The summed E-state index contributed by atoms with van der Waals surface area (Å²) in [5.41, 5.74) is 0.523. The van der Waals surface area contributed by atoms with Crippen LogP contribution in [0.3, 0.4) is 0 Å². The Morgan fingerprint density at radius 3 is 2.74 bits per heavy atom. The van der Waals surface area contributed by atoms with E-state index in [-0.39, 0.29) is 5.91 Å². The second-order valence-corrected chi connectivity index (χ2v) is 6.27. The zero-order chi connectivity index (χ0) is 16.7. The van der Waals surface area contributed by atoms with Crippen LogP contribution in [0, 0.1) is 5.92 Å². The van der Waals surface area contributed by atoms with Crippen molar-refractivity contribution in [2.75, 3.05) is 47.0 Å². The molecule has 0 unspecified atom stereocenters. The molecule has 0 bridgehead atoms. The molecule has 1 amide bonds. The van der Waals surface area contributed by atoms with E-state index < -0.39 is 0 Å². The highest BCUT2D eigenvalue weighted by Crippen LogP contribution is 2.23. The Kier molecular flexibility index (Phi) is 7.15. The Bertz CT molecular complexity index is 517. The molecule has 6 heteroatoms. The van der Waals surface area contributed by atoms with Gasteiger partial charge in [0.05, 0.1) is 19.3 Å². The molecular weight excluding hydrogens is 316 g/mol. The minimum absolute atomic E-state index is 0.111. The van der Waals surface area contributed by atoms with Crippen molar-refractivity contribution in [3.8, 4) is 5.75 Å². The van der Waals surface area contributed by atoms with Crippen LogP contribution in [0.5, 0.6) is 5.75 Å². The lowest BCUT2D eigenvalue weighted by Crippen LogP contribution is -2.39. The fourth-order valence-electron chi connectivity index (χ4n) is 2.82. The first-order valence-corrected chi connectivity index (χ1v) is 8.35. The Balaban J connectivity index is 1.79. The summed E-state index contributed by atoms with van der Waals surface area (Å²) in [5, 5.41) is 3.57. The van der Waals surface area contributed by atoms with Gasteiger partial charge in [-0.1, -0.05) is 11.6 Å². The van der Waals surface area contributed by atoms with Crippen LogP contribution in [0.4, 0.5) is 0 Å². The second-order valence-electron chi connectivity index (χ2n) is 5.83. The van der Waals surface area contributed by atoms with Crippen molar-refractivity contribution in [1.82, 2.24) is 10.2 Å². The van der Waals surface area contributed by atoms with E-state index in [2.05, 4.69) is 10.2 Å². The van der Waals surface area contributed by atoms with Gasteiger partial charge < -0.3 is 19.7 Å². The lowest BCUT2D eigenvalue weighted by Gasteiger charge is -2.31. The normalized spacial score (nSPS) is 16.3. The van der Waals surface area contributed by atoms with Crippen LogP contribution in [0.15, 0.2) is 18.2 Å². The van der Waals surface area contributed by atoms with Crippen LogP contribution >= 0.6 is 11.6 Å². The summed E-state index contributed by atoms with van der Waals surface area (Å²) in [6, 6.07) is 5.06. The number of amides is 1. The number of hydrogen-bond donors (Lipinski definition) is 1. The second kappa shape index (κ2) is 9.11. The molecule has 2 rings (SSSR count). The minimum atomic E-state index is -0.111. The number of halogens is 1. The molecule has 1 saturated heterocycles. The van der Waals surface area contributed by atoms with Crippen molar-refractivity contribution in [3.63, 3.8) is 0 Å². The first kappa shape index (κ1) is 18.0. The summed E-state index contributed by atoms with van der Waals surface area (Å²) < 4.78 is 10.3. The summed E-state index contributed by atoms with van der Waals surface area (Å²) in [4.78, 5) is 14.7. The molecule has 0 saturated carbocycles.